The quantitative estimate of drug-likeness (QED) is 0.770. The van der Waals surface area contributed by atoms with E-state index in [9.17, 15) is 9.59 Å². The molecule has 1 amide bonds. The van der Waals surface area contributed by atoms with E-state index < -0.39 is 11.7 Å². The Bertz CT molecular complexity index is 988. The number of hydrogen-bond donors (Lipinski definition) is 2. The maximum absolute atomic E-state index is 11.7. The lowest BCUT2D eigenvalue weighted by Gasteiger charge is -2.19. The van der Waals surface area contributed by atoms with Crippen molar-refractivity contribution in [1.82, 2.24) is 15.3 Å². The molecule has 0 fully saturated rings. The van der Waals surface area contributed by atoms with Gasteiger partial charge in [-0.15, -0.1) is 0 Å². The summed E-state index contributed by atoms with van der Waals surface area (Å²) in [5.74, 6) is 0.856. The van der Waals surface area contributed by atoms with Gasteiger partial charge in [0.05, 0.1) is 12.2 Å². The molecule has 0 radical (unpaired) electrons. The van der Waals surface area contributed by atoms with Crippen LogP contribution in [0.25, 0.3) is 17.2 Å². The third-order valence-electron chi connectivity index (χ3n) is 4.00. The SMILES string of the molecule is CC(C)(C)OC(=O)NCc1ncc(-c2ccc3c(c2)N=C(N)CC(C=O)=C3)cn1. The molecule has 1 aliphatic heterocycles. The van der Waals surface area contributed by atoms with Gasteiger partial charge in [-0.3, -0.25) is 4.79 Å². The summed E-state index contributed by atoms with van der Waals surface area (Å²) in [6, 6.07) is 5.67. The van der Waals surface area contributed by atoms with Crippen LogP contribution in [0.3, 0.4) is 0 Å². The van der Waals surface area contributed by atoms with E-state index in [2.05, 4.69) is 20.3 Å². The highest BCUT2D eigenvalue weighted by Crippen LogP contribution is 2.30. The Morgan fingerprint density at radius 3 is 2.62 bits per heavy atom. The van der Waals surface area contributed by atoms with E-state index in [0.29, 0.717) is 29.3 Å². The molecule has 3 N–H and O–H groups in total. The lowest BCUT2D eigenvalue weighted by atomic mass is 10.0. The minimum atomic E-state index is -0.562. The van der Waals surface area contributed by atoms with Crippen LogP contribution < -0.4 is 11.1 Å². The van der Waals surface area contributed by atoms with E-state index in [1.807, 2.05) is 18.2 Å². The Morgan fingerprint density at radius 1 is 1.24 bits per heavy atom. The number of nitrogens with zero attached hydrogens (tertiary/aromatic N) is 3. The molecule has 0 unspecified atom stereocenters. The van der Waals surface area contributed by atoms with Crippen LogP contribution in [0.5, 0.6) is 0 Å². The predicted octanol–water partition coefficient (Wildman–Crippen LogP) is 3.14. The topological polar surface area (TPSA) is 120 Å². The van der Waals surface area contributed by atoms with Gasteiger partial charge in [0.2, 0.25) is 0 Å². The molecule has 150 valence electrons. The van der Waals surface area contributed by atoms with Gasteiger partial charge in [-0.05, 0) is 38.5 Å². The summed E-state index contributed by atoms with van der Waals surface area (Å²) in [6.45, 7) is 5.56. The lowest BCUT2D eigenvalue weighted by molar-refractivity contribution is -0.104. The Hall–Kier alpha value is -3.55. The fourth-order valence-electron chi connectivity index (χ4n) is 2.73. The number of amides is 1. The number of carbonyl (C=O) groups excluding carboxylic acids is 2. The number of amidine groups is 1. The molecule has 2 heterocycles. The monoisotopic (exact) mass is 393 g/mol. The molecule has 8 heteroatoms. The van der Waals surface area contributed by atoms with Crippen molar-refractivity contribution >= 4 is 30.0 Å². The number of nitrogens with two attached hydrogens (primary N) is 1. The minimum Gasteiger partial charge on any atom is -0.444 e. The first-order valence-corrected chi connectivity index (χ1v) is 9.14. The van der Waals surface area contributed by atoms with Crippen molar-refractivity contribution in [3.05, 3.63) is 47.6 Å². The highest BCUT2D eigenvalue weighted by molar-refractivity contribution is 5.98. The molecule has 0 saturated heterocycles. The second-order valence-electron chi connectivity index (χ2n) is 7.63. The molecule has 0 aliphatic carbocycles. The Kier molecular flexibility index (Phi) is 5.72. The molecular formula is C21H23N5O3. The van der Waals surface area contributed by atoms with Gasteiger partial charge in [-0.1, -0.05) is 12.1 Å². The molecule has 0 atom stereocenters. The van der Waals surface area contributed by atoms with E-state index in [0.717, 1.165) is 23.0 Å². The van der Waals surface area contributed by atoms with Crippen molar-refractivity contribution in [2.45, 2.75) is 39.3 Å². The van der Waals surface area contributed by atoms with Crippen molar-refractivity contribution in [3.8, 4) is 11.1 Å². The normalized spacial score (nSPS) is 13.5. The Labute approximate surface area is 168 Å². The van der Waals surface area contributed by atoms with Gasteiger partial charge in [0.1, 0.15) is 23.5 Å². The first-order valence-electron chi connectivity index (χ1n) is 9.14. The zero-order valence-corrected chi connectivity index (χ0v) is 16.6. The first-order chi connectivity index (χ1) is 13.7. The number of aldehydes is 1. The number of nitrogens with one attached hydrogen (secondary N) is 1. The van der Waals surface area contributed by atoms with Crippen LogP contribution in [0.15, 0.2) is 41.2 Å². The molecule has 0 bridgehead atoms. The van der Waals surface area contributed by atoms with Crippen LogP contribution in [0.4, 0.5) is 10.5 Å². The van der Waals surface area contributed by atoms with Gasteiger partial charge in [0.25, 0.3) is 0 Å². The number of fused-ring (bicyclic) bond motifs is 1. The number of alkyl carbamates (subject to hydrolysis) is 1. The maximum Gasteiger partial charge on any atom is 0.408 e. The molecule has 0 spiro atoms. The fraction of sp³-hybridized carbons (Fsp3) is 0.286. The van der Waals surface area contributed by atoms with Crippen LogP contribution in [0, 0.1) is 0 Å². The standard InChI is InChI=1S/C21H23N5O3/c1-21(2,3)29-20(28)25-11-19-23-9-16(10-24-19)14-4-5-15-6-13(12-27)7-18(22)26-17(15)8-14/h4-6,8-10,12H,7,11H2,1-3H3,(H2,22,26)(H,25,28). The molecule has 3 rings (SSSR count). The predicted molar refractivity (Wildman–Crippen MR) is 110 cm³/mol. The van der Waals surface area contributed by atoms with Crippen molar-refractivity contribution in [2.24, 2.45) is 10.7 Å². The van der Waals surface area contributed by atoms with Gasteiger partial charge in [0, 0.05) is 35.5 Å². The average molecular weight is 393 g/mol. The van der Waals surface area contributed by atoms with E-state index in [1.165, 1.54) is 0 Å². The zero-order valence-electron chi connectivity index (χ0n) is 16.6. The Morgan fingerprint density at radius 2 is 1.97 bits per heavy atom. The second kappa shape index (κ2) is 8.22. The molecule has 0 saturated carbocycles. The summed E-state index contributed by atoms with van der Waals surface area (Å²) in [5, 5.41) is 2.62. The summed E-state index contributed by atoms with van der Waals surface area (Å²) < 4.78 is 5.19. The third kappa shape index (κ3) is 5.47. The number of hydrogen-bond acceptors (Lipinski definition) is 7. The van der Waals surface area contributed by atoms with E-state index in [1.54, 1.807) is 39.2 Å². The number of carbonyl (C=O) groups is 2. The van der Waals surface area contributed by atoms with E-state index >= 15 is 0 Å². The summed E-state index contributed by atoms with van der Waals surface area (Å²) in [5.41, 5.74) is 9.11. The van der Waals surface area contributed by atoms with Crippen molar-refractivity contribution in [2.75, 3.05) is 0 Å². The van der Waals surface area contributed by atoms with Gasteiger partial charge in [-0.25, -0.2) is 19.8 Å². The second-order valence-corrected chi connectivity index (χ2v) is 7.63. The van der Waals surface area contributed by atoms with Crippen LogP contribution in [0.1, 0.15) is 38.6 Å². The Balaban J connectivity index is 1.74. The van der Waals surface area contributed by atoms with Crippen molar-refractivity contribution in [3.63, 3.8) is 0 Å². The number of rotatable bonds is 4. The number of benzene rings is 1. The van der Waals surface area contributed by atoms with Crippen LogP contribution in [-0.4, -0.2) is 33.8 Å². The summed E-state index contributed by atoms with van der Waals surface area (Å²) in [6.07, 6.45) is 5.75. The first kappa shape index (κ1) is 20.2. The van der Waals surface area contributed by atoms with Crippen LogP contribution in [0.2, 0.25) is 0 Å². The van der Waals surface area contributed by atoms with Gasteiger partial charge in [0.15, 0.2) is 0 Å². The van der Waals surface area contributed by atoms with Gasteiger partial charge in [-0.2, -0.15) is 0 Å². The highest BCUT2D eigenvalue weighted by Gasteiger charge is 2.16. The molecule has 8 nitrogen and oxygen atoms in total. The number of ether oxygens (including phenoxy) is 1. The van der Waals surface area contributed by atoms with Gasteiger partial charge >= 0.3 is 6.09 Å². The molecule has 1 aromatic heterocycles. The largest absolute Gasteiger partial charge is 0.444 e. The average Bonchev–Trinajstić information content (AvgIpc) is 2.82. The molecule has 29 heavy (non-hydrogen) atoms. The molecule has 2 aromatic rings. The number of aliphatic imine (C=N–C) groups is 1. The summed E-state index contributed by atoms with van der Waals surface area (Å²) in [7, 11) is 0. The van der Waals surface area contributed by atoms with Crippen molar-refractivity contribution in [1.29, 1.82) is 0 Å². The highest BCUT2D eigenvalue weighted by atomic mass is 16.6. The minimum absolute atomic E-state index is 0.166. The molecule has 1 aromatic carbocycles. The maximum atomic E-state index is 11.7. The summed E-state index contributed by atoms with van der Waals surface area (Å²) >= 11 is 0. The van der Waals surface area contributed by atoms with E-state index in [4.69, 9.17) is 10.5 Å². The molecular weight excluding hydrogens is 370 g/mol. The zero-order chi connectivity index (χ0) is 21.0. The third-order valence-corrected chi connectivity index (χ3v) is 4.00. The van der Waals surface area contributed by atoms with Gasteiger partial charge < -0.3 is 15.8 Å². The molecule has 1 aliphatic rings. The van der Waals surface area contributed by atoms with E-state index in [-0.39, 0.29) is 6.54 Å². The van der Waals surface area contributed by atoms with Crippen molar-refractivity contribution < 1.29 is 14.3 Å². The lowest BCUT2D eigenvalue weighted by Crippen LogP contribution is -2.32. The fourth-order valence-corrected chi connectivity index (χ4v) is 2.73. The van der Waals surface area contributed by atoms with Crippen LogP contribution in [-0.2, 0) is 16.1 Å². The smallest absolute Gasteiger partial charge is 0.408 e. The number of aromatic nitrogens is 2. The van der Waals surface area contributed by atoms with Crippen LogP contribution >= 0.6 is 0 Å². The summed E-state index contributed by atoms with van der Waals surface area (Å²) in [4.78, 5) is 35.8.